The standard InChI is InChI=1S/C13H13Cl2NO4/c14-9-4-6(5-10(15)11(9)17)16-12(18)7-2-1-3-8(7)13(19)20/h4-5,7-8,17H,1-3H2,(H,16,18)(H,19,20). The summed E-state index contributed by atoms with van der Waals surface area (Å²) in [6, 6.07) is 2.73. The number of aliphatic carboxylic acids is 1. The van der Waals surface area contributed by atoms with E-state index in [1.54, 1.807) is 0 Å². The second-order valence-electron chi connectivity index (χ2n) is 4.76. The molecule has 1 saturated carbocycles. The fourth-order valence-corrected chi connectivity index (χ4v) is 2.93. The molecule has 0 bridgehead atoms. The monoisotopic (exact) mass is 317 g/mol. The van der Waals surface area contributed by atoms with Crippen molar-refractivity contribution in [1.29, 1.82) is 0 Å². The molecule has 0 aromatic heterocycles. The van der Waals surface area contributed by atoms with Crippen LogP contribution in [0.15, 0.2) is 12.1 Å². The van der Waals surface area contributed by atoms with Crippen molar-refractivity contribution >= 4 is 40.8 Å². The summed E-state index contributed by atoms with van der Waals surface area (Å²) >= 11 is 11.5. The maximum absolute atomic E-state index is 12.1. The van der Waals surface area contributed by atoms with Crippen molar-refractivity contribution < 1.29 is 19.8 Å². The lowest BCUT2D eigenvalue weighted by Crippen LogP contribution is -2.29. The first-order chi connectivity index (χ1) is 9.40. The van der Waals surface area contributed by atoms with E-state index in [0.717, 1.165) is 0 Å². The highest BCUT2D eigenvalue weighted by Crippen LogP contribution is 2.36. The summed E-state index contributed by atoms with van der Waals surface area (Å²) in [5.74, 6) is -2.79. The molecule has 2 unspecified atom stereocenters. The van der Waals surface area contributed by atoms with Crippen LogP contribution in [0.1, 0.15) is 19.3 Å². The Bertz CT molecular complexity index is 538. The first-order valence-electron chi connectivity index (χ1n) is 6.12. The SMILES string of the molecule is O=C(O)C1CCCC1C(=O)Nc1cc(Cl)c(O)c(Cl)c1. The molecule has 2 rings (SSSR count). The maximum Gasteiger partial charge on any atom is 0.307 e. The Balaban J connectivity index is 2.14. The highest BCUT2D eigenvalue weighted by molar-refractivity contribution is 6.37. The molecule has 0 radical (unpaired) electrons. The van der Waals surface area contributed by atoms with Crippen LogP contribution in [0, 0.1) is 11.8 Å². The Kier molecular flexibility index (Phi) is 4.40. The molecule has 0 aliphatic heterocycles. The van der Waals surface area contributed by atoms with Crippen LogP contribution in [-0.4, -0.2) is 22.1 Å². The fraction of sp³-hybridized carbons (Fsp3) is 0.385. The number of carbonyl (C=O) groups is 2. The number of halogens is 2. The zero-order valence-electron chi connectivity index (χ0n) is 10.4. The Hall–Kier alpha value is -1.46. The van der Waals surface area contributed by atoms with Crippen LogP contribution in [0.25, 0.3) is 0 Å². The van der Waals surface area contributed by atoms with Gasteiger partial charge in [-0.2, -0.15) is 0 Å². The van der Waals surface area contributed by atoms with Gasteiger partial charge in [0.05, 0.1) is 21.9 Å². The van der Waals surface area contributed by atoms with Crippen molar-refractivity contribution in [3.8, 4) is 5.75 Å². The lowest BCUT2D eigenvalue weighted by atomic mass is 9.95. The van der Waals surface area contributed by atoms with E-state index in [1.165, 1.54) is 12.1 Å². The van der Waals surface area contributed by atoms with E-state index in [1.807, 2.05) is 0 Å². The van der Waals surface area contributed by atoms with Gasteiger partial charge in [0.25, 0.3) is 0 Å². The van der Waals surface area contributed by atoms with Crippen molar-refractivity contribution in [3.63, 3.8) is 0 Å². The van der Waals surface area contributed by atoms with E-state index in [2.05, 4.69) is 5.32 Å². The van der Waals surface area contributed by atoms with Crippen molar-refractivity contribution in [3.05, 3.63) is 22.2 Å². The van der Waals surface area contributed by atoms with Gasteiger partial charge in [0, 0.05) is 5.69 Å². The number of carboxylic acids is 1. The Morgan fingerprint density at radius 2 is 1.70 bits per heavy atom. The lowest BCUT2D eigenvalue weighted by molar-refractivity contribution is -0.145. The molecule has 0 saturated heterocycles. The number of hydrogen-bond acceptors (Lipinski definition) is 3. The van der Waals surface area contributed by atoms with Crippen LogP contribution in [0.5, 0.6) is 5.75 Å². The Morgan fingerprint density at radius 1 is 1.15 bits per heavy atom. The van der Waals surface area contributed by atoms with Crippen LogP contribution in [0.2, 0.25) is 10.0 Å². The number of anilines is 1. The average molecular weight is 318 g/mol. The molecule has 1 aliphatic rings. The van der Waals surface area contributed by atoms with E-state index >= 15 is 0 Å². The fourth-order valence-electron chi connectivity index (χ4n) is 2.44. The molecule has 3 N–H and O–H groups in total. The van der Waals surface area contributed by atoms with Crippen LogP contribution >= 0.6 is 23.2 Å². The summed E-state index contributed by atoms with van der Waals surface area (Å²) < 4.78 is 0. The smallest absolute Gasteiger partial charge is 0.307 e. The van der Waals surface area contributed by atoms with E-state index in [-0.39, 0.29) is 21.7 Å². The van der Waals surface area contributed by atoms with Gasteiger partial charge in [0.15, 0.2) is 5.75 Å². The summed E-state index contributed by atoms with van der Waals surface area (Å²) in [6.45, 7) is 0. The maximum atomic E-state index is 12.1. The topological polar surface area (TPSA) is 86.6 Å². The van der Waals surface area contributed by atoms with Crippen LogP contribution in [-0.2, 0) is 9.59 Å². The molecule has 7 heteroatoms. The number of amides is 1. The zero-order chi connectivity index (χ0) is 14.9. The number of carbonyl (C=O) groups excluding carboxylic acids is 1. The van der Waals surface area contributed by atoms with Gasteiger partial charge in [-0.1, -0.05) is 29.6 Å². The molecular formula is C13H13Cl2NO4. The normalized spacial score (nSPS) is 21.7. The third-order valence-corrected chi connectivity index (χ3v) is 4.03. The molecule has 108 valence electrons. The second-order valence-corrected chi connectivity index (χ2v) is 5.57. The van der Waals surface area contributed by atoms with Gasteiger partial charge in [0.1, 0.15) is 0 Å². The zero-order valence-corrected chi connectivity index (χ0v) is 11.9. The quantitative estimate of drug-likeness (QED) is 0.747. The van der Waals surface area contributed by atoms with Gasteiger partial charge in [0.2, 0.25) is 5.91 Å². The van der Waals surface area contributed by atoms with E-state index in [0.29, 0.717) is 24.9 Å². The van der Waals surface area contributed by atoms with Gasteiger partial charge in [-0.05, 0) is 25.0 Å². The van der Waals surface area contributed by atoms with Crippen molar-refractivity contribution in [2.45, 2.75) is 19.3 Å². The molecule has 1 aromatic carbocycles. The summed E-state index contributed by atoms with van der Waals surface area (Å²) in [5.41, 5.74) is 0.332. The molecule has 1 amide bonds. The third kappa shape index (κ3) is 2.99. The van der Waals surface area contributed by atoms with Crippen molar-refractivity contribution in [1.82, 2.24) is 0 Å². The van der Waals surface area contributed by atoms with Gasteiger partial charge in [-0.25, -0.2) is 0 Å². The molecular weight excluding hydrogens is 305 g/mol. The highest BCUT2D eigenvalue weighted by atomic mass is 35.5. The van der Waals surface area contributed by atoms with E-state index in [4.69, 9.17) is 28.3 Å². The van der Waals surface area contributed by atoms with Crippen molar-refractivity contribution in [2.24, 2.45) is 11.8 Å². The largest absolute Gasteiger partial charge is 0.505 e. The summed E-state index contributed by atoms with van der Waals surface area (Å²) in [7, 11) is 0. The number of nitrogens with one attached hydrogen (secondary N) is 1. The Morgan fingerprint density at radius 3 is 2.25 bits per heavy atom. The number of hydrogen-bond donors (Lipinski definition) is 3. The van der Waals surface area contributed by atoms with E-state index in [9.17, 15) is 14.7 Å². The third-order valence-electron chi connectivity index (χ3n) is 3.45. The number of benzene rings is 1. The number of aromatic hydroxyl groups is 1. The molecule has 1 aliphatic carbocycles. The number of phenolic OH excluding ortho intramolecular Hbond substituents is 1. The van der Waals surface area contributed by atoms with Gasteiger partial charge >= 0.3 is 5.97 Å². The second kappa shape index (κ2) is 5.89. The molecule has 0 heterocycles. The average Bonchev–Trinajstić information content (AvgIpc) is 2.85. The molecule has 1 fully saturated rings. The number of rotatable bonds is 3. The van der Waals surface area contributed by atoms with Gasteiger partial charge < -0.3 is 15.5 Å². The first-order valence-corrected chi connectivity index (χ1v) is 6.87. The summed E-state index contributed by atoms with van der Waals surface area (Å²) in [5, 5.41) is 21.1. The minimum absolute atomic E-state index is 0.0222. The first kappa shape index (κ1) is 14.9. The lowest BCUT2D eigenvalue weighted by Gasteiger charge is -2.16. The summed E-state index contributed by atoms with van der Waals surface area (Å²) in [4.78, 5) is 23.2. The Labute approximate surface area is 125 Å². The molecule has 0 spiro atoms. The number of phenols is 1. The van der Waals surface area contributed by atoms with Crippen molar-refractivity contribution in [2.75, 3.05) is 5.32 Å². The van der Waals surface area contributed by atoms with Crippen LogP contribution in [0.3, 0.4) is 0 Å². The minimum Gasteiger partial charge on any atom is -0.505 e. The van der Waals surface area contributed by atoms with Crippen LogP contribution < -0.4 is 5.32 Å². The predicted octanol–water partition coefficient (Wildman–Crippen LogP) is 3.14. The molecule has 20 heavy (non-hydrogen) atoms. The number of carboxylic acid groups (broad SMARTS) is 1. The van der Waals surface area contributed by atoms with Gasteiger partial charge in [-0.15, -0.1) is 0 Å². The molecule has 1 aromatic rings. The molecule has 5 nitrogen and oxygen atoms in total. The van der Waals surface area contributed by atoms with Gasteiger partial charge in [-0.3, -0.25) is 9.59 Å². The van der Waals surface area contributed by atoms with E-state index < -0.39 is 17.8 Å². The molecule has 2 atom stereocenters. The highest BCUT2D eigenvalue weighted by Gasteiger charge is 2.37. The minimum atomic E-state index is -0.954. The predicted molar refractivity (Wildman–Crippen MR) is 75.2 cm³/mol. The summed E-state index contributed by atoms with van der Waals surface area (Å²) in [6.07, 6.45) is 1.76. The van der Waals surface area contributed by atoms with Crippen LogP contribution in [0.4, 0.5) is 5.69 Å².